The van der Waals surface area contributed by atoms with Crippen molar-refractivity contribution >= 4 is 26.7 Å². The SMILES string of the molecule is CC(CNC1CC(c2ccccc2Br)C1)S(C)=O. The van der Waals surface area contributed by atoms with Gasteiger partial charge in [-0.1, -0.05) is 34.1 Å². The molecule has 0 amide bonds. The van der Waals surface area contributed by atoms with Crippen molar-refractivity contribution in [1.82, 2.24) is 5.32 Å². The quantitative estimate of drug-likeness (QED) is 0.899. The highest BCUT2D eigenvalue weighted by molar-refractivity contribution is 9.10. The van der Waals surface area contributed by atoms with Crippen molar-refractivity contribution in [3.05, 3.63) is 34.3 Å². The van der Waals surface area contributed by atoms with Crippen LogP contribution >= 0.6 is 15.9 Å². The van der Waals surface area contributed by atoms with Gasteiger partial charge in [0.05, 0.1) is 0 Å². The number of halogens is 1. The Hall–Kier alpha value is -0.190. The summed E-state index contributed by atoms with van der Waals surface area (Å²) in [6.45, 7) is 2.89. The molecule has 4 heteroatoms. The molecular formula is C14H20BrNOS. The molecule has 0 aromatic heterocycles. The zero-order chi connectivity index (χ0) is 13.1. The normalized spacial score (nSPS) is 26.4. The first kappa shape index (κ1) is 14.2. The van der Waals surface area contributed by atoms with E-state index < -0.39 is 10.8 Å². The number of benzene rings is 1. The molecule has 0 bridgehead atoms. The molecule has 1 aromatic rings. The third-order valence-electron chi connectivity index (χ3n) is 3.74. The van der Waals surface area contributed by atoms with Gasteiger partial charge in [0.25, 0.3) is 0 Å². The van der Waals surface area contributed by atoms with Crippen LogP contribution in [0.25, 0.3) is 0 Å². The molecule has 0 aliphatic heterocycles. The van der Waals surface area contributed by atoms with Crippen molar-refractivity contribution in [2.24, 2.45) is 0 Å². The molecule has 2 nitrogen and oxygen atoms in total. The van der Waals surface area contributed by atoms with Crippen molar-refractivity contribution < 1.29 is 4.21 Å². The Bertz CT molecular complexity index is 432. The summed E-state index contributed by atoms with van der Waals surface area (Å²) in [7, 11) is -0.723. The lowest BCUT2D eigenvalue weighted by atomic mass is 9.76. The van der Waals surface area contributed by atoms with Crippen molar-refractivity contribution in [1.29, 1.82) is 0 Å². The second kappa shape index (κ2) is 6.31. The monoisotopic (exact) mass is 329 g/mol. The molecule has 1 N–H and O–H groups in total. The van der Waals surface area contributed by atoms with Crippen molar-refractivity contribution in [2.75, 3.05) is 12.8 Å². The molecule has 1 fully saturated rings. The summed E-state index contributed by atoms with van der Waals surface area (Å²) in [6.07, 6.45) is 4.15. The first-order chi connectivity index (χ1) is 8.58. The van der Waals surface area contributed by atoms with Crippen LogP contribution in [0.5, 0.6) is 0 Å². The van der Waals surface area contributed by atoms with Gasteiger partial charge in [-0.3, -0.25) is 4.21 Å². The maximum absolute atomic E-state index is 11.3. The molecule has 1 aliphatic rings. The fraction of sp³-hybridized carbons (Fsp3) is 0.571. The third-order valence-corrected chi connectivity index (χ3v) is 5.77. The van der Waals surface area contributed by atoms with E-state index >= 15 is 0 Å². The summed E-state index contributed by atoms with van der Waals surface area (Å²) in [5.74, 6) is 0.667. The van der Waals surface area contributed by atoms with E-state index in [9.17, 15) is 4.21 Å². The van der Waals surface area contributed by atoms with Gasteiger partial charge in [-0.2, -0.15) is 0 Å². The fourth-order valence-corrected chi connectivity index (χ4v) is 3.23. The minimum absolute atomic E-state index is 0.243. The summed E-state index contributed by atoms with van der Waals surface area (Å²) < 4.78 is 12.5. The average molecular weight is 330 g/mol. The summed E-state index contributed by atoms with van der Waals surface area (Å²) >= 11 is 3.61. The molecule has 2 atom stereocenters. The van der Waals surface area contributed by atoms with Crippen molar-refractivity contribution in [3.8, 4) is 0 Å². The predicted molar refractivity (Wildman–Crippen MR) is 81.4 cm³/mol. The van der Waals surface area contributed by atoms with E-state index in [0.717, 1.165) is 6.54 Å². The van der Waals surface area contributed by atoms with E-state index in [2.05, 4.69) is 45.5 Å². The Morgan fingerprint density at radius 1 is 1.44 bits per heavy atom. The largest absolute Gasteiger partial charge is 0.313 e. The average Bonchev–Trinajstić information content (AvgIpc) is 2.28. The highest BCUT2D eigenvalue weighted by Gasteiger charge is 2.31. The number of nitrogens with one attached hydrogen (secondary N) is 1. The Morgan fingerprint density at radius 2 is 2.11 bits per heavy atom. The molecule has 1 aliphatic carbocycles. The molecule has 0 radical (unpaired) electrons. The van der Waals surface area contributed by atoms with E-state index in [1.165, 1.54) is 22.9 Å². The minimum atomic E-state index is -0.723. The van der Waals surface area contributed by atoms with Gasteiger partial charge in [0, 0.05) is 39.4 Å². The molecule has 0 saturated heterocycles. The Morgan fingerprint density at radius 3 is 2.72 bits per heavy atom. The van der Waals surface area contributed by atoms with Crippen LogP contribution < -0.4 is 5.32 Å². The molecule has 18 heavy (non-hydrogen) atoms. The lowest BCUT2D eigenvalue weighted by Gasteiger charge is -2.37. The molecular weight excluding hydrogens is 310 g/mol. The van der Waals surface area contributed by atoms with Gasteiger partial charge in [-0.15, -0.1) is 0 Å². The van der Waals surface area contributed by atoms with Gasteiger partial charge in [-0.25, -0.2) is 0 Å². The minimum Gasteiger partial charge on any atom is -0.313 e. The Balaban J connectivity index is 1.78. The number of hydrogen-bond donors (Lipinski definition) is 1. The summed E-state index contributed by atoms with van der Waals surface area (Å²) in [5, 5.41) is 3.75. The summed E-state index contributed by atoms with van der Waals surface area (Å²) in [4.78, 5) is 0. The van der Waals surface area contributed by atoms with Crippen LogP contribution in [-0.4, -0.2) is 28.3 Å². The van der Waals surface area contributed by atoms with Crippen LogP contribution in [0, 0.1) is 0 Å². The molecule has 1 aromatic carbocycles. The zero-order valence-corrected chi connectivity index (χ0v) is 13.3. The van der Waals surface area contributed by atoms with E-state index in [4.69, 9.17) is 0 Å². The highest BCUT2D eigenvalue weighted by Crippen LogP contribution is 2.39. The summed E-state index contributed by atoms with van der Waals surface area (Å²) in [6, 6.07) is 9.06. The first-order valence-electron chi connectivity index (χ1n) is 6.38. The second-order valence-electron chi connectivity index (χ2n) is 5.10. The van der Waals surface area contributed by atoms with Crippen LogP contribution in [0.1, 0.15) is 31.2 Å². The van der Waals surface area contributed by atoms with Crippen molar-refractivity contribution in [2.45, 2.75) is 37.0 Å². The van der Waals surface area contributed by atoms with E-state index in [1.54, 1.807) is 6.26 Å². The molecule has 1 saturated carbocycles. The topological polar surface area (TPSA) is 29.1 Å². The van der Waals surface area contributed by atoms with Gasteiger partial charge in [0.1, 0.15) is 0 Å². The number of rotatable bonds is 5. The molecule has 2 rings (SSSR count). The Labute approximate surface area is 120 Å². The van der Waals surface area contributed by atoms with Crippen LogP contribution in [0.15, 0.2) is 28.7 Å². The molecule has 0 heterocycles. The maximum Gasteiger partial charge on any atom is 0.0441 e. The van der Waals surface area contributed by atoms with Gasteiger partial charge in [0.2, 0.25) is 0 Å². The van der Waals surface area contributed by atoms with Crippen LogP contribution in [0.4, 0.5) is 0 Å². The lowest BCUT2D eigenvalue weighted by molar-refractivity contribution is 0.292. The third kappa shape index (κ3) is 3.43. The fourth-order valence-electron chi connectivity index (χ4n) is 2.29. The van der Waals surface area contributed by atoms with Gasteiger partial charge >= 0.3 is 0 Å². The highest BCUT2D eigenvalue weighted by atomic mass is 79.9. The number of hydrogen-bond acceptors (Lipinski definition) is 2. The Kier molecular flexibility index (Phi) is 4.98. The van der Waals surface area contributed by atoms with Gasteiger partial charge in [0.15, 0.2) is 0 Å². The van der Waals surface area contributed by atoms with Crippen molar-refractivity contribution in [3.63, 3.8) is 0 Å². The van der Waals surface area contributed by atoms with Gasteiger partial charge < -0.3 is 5.32 Å². The summed E-state index contributed by atoms with van der Waals surface area (Å²) in [5.41, 5.74) is 1.42. The standard InChI is InChI=1S/C14H20BrNOS/c1-10(18(2)17)9-16-12-7-11(8-12)13-5-3-4-6-14(13)15/h3-6,10-12,16H,7-9H2,1-2H3. The predicted octanol–water partition coefficient (Wildman–Crippen LogP) is 3.05. The van der Waals surface area contributed by atoms with E-state index in [0.29, 0.717) is 12.0 Å². The van der Waals surface area contributed by atoms with Crippen LogP contribution in [0.2, 0.25) is 0 Å². The second-order valence-corrected chi connectivity index (χ2v) is 7.76. The van der Waals surface area contributed by atoms with Crippen LogP contribution in [-0.2, 0) is 10.8 Å². The molecule has 0 spiro atoms. The smallest absolute Gasteiger partial charge is 0.0441 e. The lowest BCUT2D eigenvalue weighted by Crippen LogP contribution is -2.43. The van der Waals surface area contributed by atoms with Gasteiger partial charge in [-0.05, 0) is 37.3 Å². The molecule has 100 valence electrons. The molecule has 2 unspecified atom stereocenters. The zero-order valence-electron chi connectivity index (χ0n) is 10.9. The van der Waals surface area contributed by atoms with E-state index in [-0.39, 0.29) is 5.25 Å². The van der Waals surface area contributed by atoms with E-state index in [1.807, 2.05) is 6.92 Å². The van der Waals surface area contributed by atoms with Crippen LogP contribution in [0.3, 0.4) is 0 Å². The maximum atomic E-state index is 11.3. The first-order valence-corrected chi connectivity index (χ1v) is 8.79.